The monoisotopic (exact) mass is 403 g/mol. The highest BCUT2D eigenvalue weighted by atomic mass is 35.5. The maximum atomic E-state index is 13.4. The molecule has 2 N–H and O–H groups in total. The van der Waals surface area contributed by atoms with E-state index in [1.54, 1.807) is 12.1 Å². The van der Waals surface area contributed by atoms with Crippen molar-refractivity contribution in [2.45, 2.75) is 37.3 Å². The minimum absolute atomic E-state index is 0.0636. The number of carboxylic acid groups (broad SMARTS) is 1. The third-order valence-corrected chi connectivity index (χ3v) is 6.23. The zero-order valence-electron chi connectivity index (χ0n) is 15.0. The number of rotatable bonds is 6. The van der Waals surface area contributed by atoms with E-state index in [2.05, 4.69) is 5.32 Å². The molecule has 0 radical (unpaired) electrons. The molecule has 3 aliphatic rings. The van der Waals surface area contributed by atoms with Gasteiger partial charge >= 0.3 is 12.1 Å². The number of hydrogen-bond acceptors (Lipinski definition) is 3. The number of amides is 1. The van der Waals surface area contributed by atoms with E-state index in [-0.39, 0.29) is 17.0 Å². The Labute approximate surface area is 166 Å². The van der Waals surface area contributed by atoms with Crippen LogP contribution in [0.2, 0.25) is 5.02 Å². The highest BCUT2D eigenvalue weighted by Crippen LogP contribution is 2.75. The molecule has 1 amide bonds. The van der Waals surface area contributed by atoms with Crippen molar-refractivity contribution in [1.29, 1.82) is 0 Å². The van der Waals surface area contributed by atoms with E-state index in [0.29, 0.717) is 19.3 Å². The van der Waals surface area contributed by atoms with Gasteiger partial charge in [-0.1, -0.05) is 48.0 Å². The highest BCUT2D eigenvalue weighted by Gasteiger charge is 2.72. The van der Waals surface area contributed by atoms with E-state index in [0.717, 1.165) is 11.1 Å². The zero-order chi connectivity index (χ0) is 19.9. The molecule has 7 heteroatoms. The van der Waals surface area contributed by atoms with Gasteiger partial charge in [0.1, 0.15) is 18.5 Å². The Bertz CT molecular complexity index is 913. The molecule has 146 valence electrons. The predicted molar refractivity (Wildman–Crippen MR) is 101 cm³/mol. The van der Waals surface area contributed by atoms with Gasteiger partial charge in [0.2, 0.25) is 0 Å². The molecule has 2 bridgehead atoms. The van der Waals surface area contributed by atoms with Gasteiger partial charge in [-0.3, -0.25) is 0 Å². The first-order chi connectivity index (χ1) is 13.3. The Balaban J connectivity index is 1.38. The van der Waals surface area contributed by atoms with Crippen LogP contribution in [-0.4, -0.2) is 23.2 Å². The number of aliphatic carboxylic acids is 1. The number of alkyl carbamates (subject to hydrolysis) is 1. The lowest BCUT2D eigenvalue weighted by Crippen LogP contribution is -2.73. The van der Waals surface area contributed by atoms with Crippen LogP contribution in [0.5, 0.6) is 0 Å². The third kappa shape index (κ3) is 3.11. The van der Waals surface area contributed by atoms with Gasteiger partial charge in [-0.25, -0.2) is 14.0 Å². The number of nitrogens with one attached hydrogen (secondary N) is 1. The van der Waals surface area contributed by atoms with Gasteiger partial charge in [-0.05, 0) is 47.9 Å². The molecule has 2 aromatic rings. The van der Waals surface area contributed by atoms with Crippen LogP contribution in [0.3, 0.4) is 0 Å². The number of hydrogen-bond donors (Lipinski definition) is 2. The topological polar surface area (TPSA) is 75.6 Å². The molecule has 3 aliphatic carbocycles. The second-order valence-electron chi connectivity index (χ2n) is 7.78. The van der Waals surface area contributed by atoms with Crippen LogP contribution < -0.4 is 5.32 Å². The molecular formula is C21H19ClFNO4. The van der Waals surface area contributed by atoms with Gasteiger partial charge in [0.25, 0.3) is 0 Å². The number of ether oxygens (including phenoxy) is 1. The first-order valence-corrected chi connectivity index (χ1v) is 9.37. The summed E-state index contributed by atoms with van der Waals surface area (Å²) < 4.78 is 18.6. The minimum Gasteiger partial charge on any atom is -0.480 e. The molecule has 3 saturated carbocycles. The lowest BCUT2D eigenvalue weighted by Gasteiger charge is -2.72. The van der Waals surface area contributed by atoms with Crippen molar-refractivity contribution in [2.24, 2.45) is 5.41 Å². The largest absolute Gasteiger partial charge is 0.480 e. The van der Waals surface area contributed by atoms with Crippen molar-refractivity contribution in [3.05, 3.63) is 70.5 Å². The first kappa shape index (κ1) is 18.7. The third-order valence-electron chi connectivity index (χ3n) is 5.94. The molecule has 3 fully saturated rings. The average Bonchev–Trinajstić information content (AvgIpc) is 2.60. The number of carbonyl (C=O) groups is 2. The first-order valence-electron chi connectivity index (χ1n) is 8.99. The van der Waals surface area contributed by atoms with Gasteiger partial charge in [0.15, 0.2) is 0 Å². The number of halogens is 2. The summed E-state index contributed by atoms with van der Waals surface area (Å²) in [5, 5.41) is 12.2. The maximum Gasteiger partial charge on any atom is 0.408 e. The normalized spacial score (nSPS) is 25.8. The summed E-state index contributed by atoms with van der Waals surface area (Å²) in [5.41, 5.74) is 1.05. The molecule has 0 saturated heterocycles. The Morgan fingerprint density at radius 3 is 2.46 bits per heavy atom. The fourth-order valence-corrected chi connectivity index (χ4v) is 4.84. The highest BCUT2D eigenvalue weighted by molar-refractivity contribution is 6.30. The van der Waals surface area contributed by atoms with Crippen LogP contribution in [-0.2, 0) is 21.6 Å². The van der Waals surface area contributed by atoms with Crippen molar-refractivity contribution in [2.75, 3.05) is 0 Å². The molecule has 1 unspecified atom stereocenters. The van der Waals surface area contributed by atoms with E-state index >= 15 is 0 Å². The predicted octanol–water partition coefficient (Wildman–Crippen LogP) is 4.28. The smallest absolute Gasteiger partial charge is 0.408 e. The van der Waals surface area contributed by atoms with Crippen molar-refractivity contribution in [3.63, 3.8) is 0 Å². The lowest BCUT2D eigenvalue weighted by molar-refractivity contribution is -0.183. The summed E-state index contributed by atoms with van der Waals surface area (Å²) in [4.78, 5) is 23.9. The summed E-state index contributed by atoms with van der Waals surface area (Å²) >= 11 is 5.88. The summed E-state index contributed by atoms with van der Waals surface area (Å²) in [6.45, 7) is 0.0734. The van der Waals surface area contributed by atoms with Crippen molar-refractivity contribution >= 4 is 23.7 Å². The van der Waals surface area contributed by atoms with Crippen LogP contribution in [0, 0.1) is 11.2 Å². The van der Waals surface area contributed by atoms with E-state index < -0.39 is 29.3 Å². The molecule has 0 aliphatic heterocycles. The van der Waals surface area contributed by atoms with E-state index in [9.17, 15) is 19.1 Å². The van der Waals surface area contributed by atoms with E-state index in [1.165, 1.54) is 6.07 Å². The van der Waals surface area contributed by atoms with E-state index in [4.69, 9.17) is 16.3 Å². The molecule has 5 nitrogen and oxygen atoms in total. The standard InChI is InChI=1S/C21H19ClFNO4/c22-15-8-14(6-7-16(15)23)20-10-21(11-20,12-20)17(18(25)26)24-19(27)28-9-13-4-2-1-3-5-13/h1-8,17H,9-12H2,(H,24,27)(H,25,26). The number of carbonyl (C=O) groups excluding carboxylic acids is 1. The Morgan fingerprint density at radius 2 is 1.86 bits per heavy atom. The summed E-state index contributed by atoms with van der Waals surface area (Å²) in [6.07, 6.45) is 1.08. The summed E-state index contributed by atoms with van der Waals surface area (Å²) in [6, 6.07) is 12.8. The second-order valence-corrected chi connectivity index (χ2v) is 8.19. The molecule has 28 heavy (non-hydrogen) atoms. The SMILES string of the molecule is O=C(NC(C(=O)O)C12CC(c3ccc(F)c(Cl)c3)(C1)C2)OCc1ccccc1. The fourth-order valence-electron chi connectivity index (χ4n) is 4.66. The van der Waals surface area contributed by atoms with Gasteiger partial charge in [0.05, 0.1) is 5.02 Å². The Kier molecular flexibility index (Phi) is 4.54. The van der Waals surface area contributed by atoms with Crippen LogP contribution in [0.25, 0.3) is 0 Å². The Morgan fingerprint density at radius 1 is 1.18 bits per heavy atom. The van der Waals surface area contributed by atoms with Crippen LogP contribution in [0.1, 0.15) is 30.4 Å². The molecular weight excluding hydrogens is 385 g/mol. The van der Waals surface area contributed by atoms with Crippen molar-refractivity contribution in [1.82, 2.24) is 5.32 Å². The number of benzene rings is 2. The van der Waals surface area contributed by atoms with Gasteiger partial charge < -0.3 is 15.2 Å². The lowest BCUT2D eigenvalue weighted by atomic mass is 9.31. The Hall–Kier alpha value is -2.60. The van der Waals surface area contributed by atoms with Gasteiger partial charge in [0, 0.05) is 5.41 Å². The quantitative estimate of drug-likeness (QED) is 0.754. The number of carboxylic acids is 1. The molecule has 5 rings (SSSR count). The van der Waals surface area contributed by atoms with Crippen molar-refractivity contribution < 1.29 is 23.8 Å². The van der Waals surface area contributed by atoms with Crippen molar-refractivity contribution in [3.8, 4) is 0 Å². The molecule has 2 aromatic carbocycles. The molecule has 1 atom stereocenters. The van der Waals surface area contributed by atoms with Gasteiger partial charge in [-0.15, -0.1) is 0 Å². The van der Waals surface area contributed by atoms with Crippen LogP contribution in [0.4, 0.5) is 9.18 Å². The average molecular weight is 404 g/mol. The molecule has 0 spiro atoms. The zero-order valence-corrected chi connectivity index (χ0v) is 15.7. The summed E-state index contributed by atoms with van der Waals surface area (Å²) in [5.74, 6) is -1.56. The van der Waals surface area contributed by atoms with Crippen LogP contribution >= 0.6 is 11.6 Å². The second kappa shape index (κ2) is 6.78. The van der Waals surface area contributed by atoms with Crippen LogP contribution in [0.15, 0.2) is 48.5 Å². The van der Waals surface area contributed by atoms with E-state index in [1.807, 2.05) is 30.3 Å². The molecule has 0 heterocycles. The minimum atomic E-state index is -1.08. The summed E-state index contributed by atoms with van der Waals surface area (Å²) in [7, 11) is 0. The maximum absolute atomic E-state index is 13.4. The molecule has 0 aromatic heterocycles. The van der Waals surface area contributed by atoms with Gasteiger partial charge in [-0.2, -0.15) is 0 Å². The fraction of sp³-hybridized carbons (Fsp3) is 0.333.